The van der Waals surface area contributed by atoms with E-state index in [4.69, 9.17) is 10.8 Å². The van der Waals surface area contributed by atoms with E-state index in [0.29, 0.717) is 0 Å². The molecule has 0 radical (unpaired) electrons. The summed E-state index contributed by atoms with van der Waals surface area (Å²) in [6.07, 6.45) is 3.47. The summed E-state index contributed by atoms with van der Waals surface area (Å²) >= 11 is 0. The fourth-order valence-electron chi connectivity index (χ4n) is 1.39. The average Bonchev–Trinajstić information content (AvgIpc) is 2.63. The molecule has 1 heterocycles. The number of nitrogens with one attached hydrogen (secondary N) is 1. The second kappa shape index (κ2) is 6.00. The van der Waals surface area contributed by atoms with Gasteiger partial charge in [-0.15, -0.1) is 0 Å². The number of aryl methyl sites for hydroxylation is 1. The molecule has 1 aromatic rings. The number of aromatic nitrogens is 2. The van der Waals surface area contributed by atoms with Crippen LogP contribution in [0.4, 0.5) is 0 Å². The number of hydrogen-bond donors (Lipinski definition) is 3. The molecule has 1 amide bonds. The Morgan fingerprint density at radius 1 is 1.65 bits per heavy atom. The fourth-order valence-corrected chi connectivity index (χ4v) is 1.39. The number of amides is 1. The summed E-state index contributed by atoms with van der Waals surface area (Å²) in [6, 6.07) is -0.954. The predicted molar refractivity (Wildman–Crippen MR) is 60.1 cm³/mol. The number of nitrogens with two attached hydrogens (primary N) is 1. The smallest absolute Gasteiger partial charge is 0.326 e. The standard InChI is InChI=1S/C10H16N4O3/c1-14-6-12-5-7(14)4-8(10(16)17)13-9(15)2-3-11/h5-6,8H,2-4,11H2,1H3,(H,13,15)(H,16,17). The summed E-state index contributed by atoms with van der Waals surface area (Å²) in [4.78, 5) is 26.2. The molecule has 1 aromatic heterocycles. The van der Waals surface area contributed by atoms with E-state index in [1.54, 1.807) is 24.1 Å². The first-order valence-corrected chi connectivity index (χ1v) is 5.22. The van der Waals surface area contributed by atoms with Crippen molar-refractivity contribution in [1.29, 1.82) is 0 Å². The van der Waals surface area contributed by atoms with E-state index in [1.165, 1.54) is 0 Å². The van der Waals surface area contributed by atoms with Crippen molar-refractivity contribution >= 4 is 11.9 Å². The van der Waals surface area contributed by atoms with Crippen molar-refractivity contribution in [2.24, 2.45) is 12.8 Å². The van der Waals surface area contributed by atoms with Crippen LogP contribution in [0.2, 0.25) is 0 Å². The highest BCUT2D eigenvalue weighted by Crippen LogP contribution is 2.02. The lowest BCUT2D eigenvalue weighted by Gasteiger charge is -2.14. The quantitative estimate of drug-likeness (QED) is 0.583. The molecule has 7 heteroatoms. The molecule has 7 nitrogen and oxygen atoms in total. The Morgan fingerprint density at radius 3 is 2.82 bits per heavy atom. The number of rotatable bonds is 6. The molecule has 0 aliphatic rings. The Hall–Kier alpha value is -1.89. The third-order valence-electron chi connectivity index (χ3n) is 2.33. The zero-order valence-corrected chi connectivity index (χ0v) is 9.59. The van der Waals surface area contributed by atoms with Gasteiger partial charge in [-0.1, -0.05) is 0 Å². The van der Waals surface area contributed by atoms with Crippen LogP contribution in [0, 0.1) is 0 Å². The topological polar surface area (TPSA) is 110 Å². The van der Waals surface area contributed by atoms with Gasteiger partial charge in [-0.2, -0.15) is 0 Å². The van der Waals surface area contributed by atoms with Gasteiger partial charge in [0.15, 0.2) is 0 Å². The first-order chi connectivity index (χ1) is 8.04. The van der Waals surface area contributed by atoms with Gasteiger partial charge < -0.3 is 20.7 Å². The molecule has 4 N–H and O–H groups in total. The summed E-state index contributed by atoms with van der Waals surface area (Å²) in [5.41, 5.74) is 5.96. The van der Waals surface area contributed by atoms with Crippen molar-refractivity contribution in [3.63, 3.8) is 0 Å². The minimum Gasteiger partial charge on any atom is -0.480 e. The largest absolute Gasteiger partial charge is 0.480 e. The van der Waals surface area contributed by atoms with Gasteiger partial charge in [0.05, 0.1) is 6.33 Å². The Kier molecular flexibility index (Phi) is 4.65. The molecule has 0 aliphatic heterocycles. The van der Waals surface area contributed by atoms with E-state index in [2.05, 4.69) is 10.3 Å². The van der Waals surface area contributed by atoms with Crippen LogP contribution in [0.5, 0.6) is 0 Å². The highest BCUT2D eigenvalue weighted by molar-refractivity contribution is 5.83. The van der Waals surface area contributed by atoms with E-state index in [1.807, 2.05) is 0 Å². The summed E-state index contributed by atoms with van der Waals surface area (Å²) in [5, 5.41) is 11.4. The fraction of sp³-hybridized carbons (Fsp3) is 0.500. The molecule has 0 bridgehead atoms. The zero-order chi connectivity index (χ0) is 12.8. The molecule has 0 aromatic carbocycles. The SMILES string of the molecule is Cn1cncc1CC(NC(=O)CCN)C(=O)O. The Morgan fingerprint density at radius 2 is 2.35 bits per heavy atom. The second-order valence-corrected chi connectivity index (χ2v) is 3.70. The van der Waals surface area contributed by atoms with Crippen LogP contribution in [0.15, 0.2) is 12.5 Å². The van der Waals surface area contributed by atoms with Crippen molar-refractivity contribution in [2.75, 3.05) is 6.54 Å². The van der Waals surface area contributed by atoms with Crippen molar-refractivity contribution in [3.05, 3.63) is 18.2 Å². The minimum atomic E-state index is -1.07. The predicted octanol–water partition coefficient (Wildman–Crippen LogP) is -1.12. The number of carbonyl (C=O) groups is 2. The van der Waals surface area contributed by atoms with Gasteiger partial charge in [0.1, 0.15) is 6.04 Å². The maximum absolute atomic E-state index is 11.3. The summed E-state index contributed by atoms with van der Waals surface area (Å²) in [7, 11) is 1.77. The van der Waals surface area contributed by atoms with Gasteiger partial charge in [-0.25, -0.2) is 9.78 Å². The van der Waals surface area contributed by atoms with Gasteiger partial charge in [0.2, 0.25) is 5.91 Å². The van der Waals surface area contributed by atoms with Crippen LogP contribution >= 0.6 is 0 Å². The van der Waals surface area contributed by atoms with Gasteiger partial charge >= 0.3 is 5.97 Å². The molecule has 0 spiro atoms. The van der Waals surface area contributed by atoms with Crippen LogP contribution in [-0.2, 0) is 23.1 Å². The lowest BCUT2D eigenvalue weighted by molar-refractivity contribution is -0.141. The third kappa shape index (κ3) is 3.87. The summed E-state index contributed by atoms with van der Waals surface area (Å²) < 4.78 is 1.71. The molecule has 0 saturated heterocycles. The molecule has 0 saturated carbocycles. The van der Waals surface area contributed by atoms with E-state index in [-0.39, 0.29) is 25.3 Å². The maximum Gasteiger partial charge on any atom is 0.326 e. The number of carboxylic acids is 1. The van der Waals surface area contributed by atoms with Gasteiger partial charge in [-0.05, 0) is 0 Å². The second-order valence-electron chi connectivity index (χ2n) is 3.70. The number of nitrogens with zero attached hydrogens (tertiary/aromatic N) is 2. The molecule has 1 unspecified atom stereocenters. The number of aliphatic carboxylic acids is 1. The van der Waals surface area contributed by atoms with Crippen LogP contribution in [0.3, 0.4) is 0 Å². The molecule has 1 atom stereocenters. The number of carbonyl (C=O) groups excluding carboxylic acids is 1. The number of hydrogen-bond acceptors (Lipinski definition) is 4. The van der Waals surface area contributed by atoms with Crippen molar-refractivity contribution in [2.45, 2.75) is 18.9 Å². The van der Waals surface area contributed by atoms with Crippen LogP contribution in [0.25, 0.3) is 0 Å². The Bertz CT molecular complexity index is 402. The molecule has 0 fully saturated rings. The first kappa shape index (κ1) is 13.2. The number of carboxylic acid groups (broad SMARTS) is 1. The highest BCUT2D eigenvalue weighted by atomic mass is 16.4. The van der Waals surface area contributed by atoms with Gasteiger partial charge in [0, 0.05) is 38.3 Å². The minimum absolute atomic E-state index is 0.120. The lowest BCUT2D eigenvalue weighted by atomic mass is 10.1. The molecule has 94 valence electrons. The molecule has 0 aliphatic carbocycles. The monoisotopic (exact) mass is 240 g/mol. The highest BCUT2D eigenvalue weighted by Gasteiger charge is 2.21. The Balaban J connectivity index is 2.64. The molecular weight excluding hydrogens is 224 g/mol. The van der Waals surface area contributed by atoms with Crippen LogP contribution in [0.1, 0.15) is 12.1 Å². The van der Waals surface area contributed by atoms with Gasteiger partial charge in [-0.3, -0.25) is 4.79 Å². The van der Waals surface area contributed by atoms with Crippen molar-refractivity contribution in [3.8, 4) is 0 Å². The molecule has 1 rings (SSSR count). The first-order valence-electron chi connectivity index (χ1n) is 5.22. The zero-order valence-electron chi connectivity index (χ0n) is 9.59. The third-order valence-corrected chi connectivity index (χ3v) is 2.33. The summed E-state index contributed by atoms with van der Waals surface area (Å²) in [5.74, 6) is -1.43. The average molecular weight is 240 g/mol. The van der Waals surface area contributed by atoms with E-state index < -0.39 is 12.0 Å². The van der Waals surface area contributed by atoms with Crippen molar-refractivity contribution in [1.82, 2.24) is 14.9 Å². The van der Waals surface area contributed by atoms with Crippen molar-refractivity contribution < 1.29 is 14.7 Å². The van der Waals surface area contributed by atoms with E-state index in [0.717, 1.165) is 5.69 Å². The van der Waals surface area contributed by atoms with E-state index >= 15 is 0 Å². The Labute approximate surface area is 98.6 Å². The van der Waals surface area contributed by atoms with Crippen LogP contribution < -0.4 is 11.1 Å². The summed E-state index contributed by atoms with van der Waals surface area (Å²) in [6.45, 7) is 0.198. The maximum atomic E-state index is 11.3. The normalized spacial score (nSPS) is 12.1. The molecular formula is C10H16N4O3. The van der Waals surface area contributed by atoms with Crippen LogP contribution in [-0.4, -0.2) is 39.1 Å². The number of imidazole rings is 1. The molecule has 17 heavy (non-hydrogen) atoms. The lowest BCUT2D eigenvalue weighted by Crippen LogP contribution is -2.43. The van der Waals surface area contributed by atoms with Gasteiger partial charge in [0.25, 0.3) is 0 Å². The van der Waals surface area contributed by atoms with E-state index in [9.17, 15) is 9.59 Å².